The maximum Gasteiger partial charge on any atom is 0.207 e. The highest BCUT2D eigenvalue weighted by molar-refractivity contribution is 5.46. The smallest absolute Gasteiger partial charge is 0.207 e. The molecule has 1 aliphatic carbocycles. The van der Waals surface area contributed by atoms with E-state index in [0.717, 1.165) is 19.3 Å². The molecule has 0 aromatic rings. The van der Waals surface area contributed by atoms with Crippen LogP contribution in [0.2, 0.25) is 0 Å². The third-order valence-corrected chi connectivity index (χ3v) is 1.76. The van der Waals surface area contributed by atoms with Gasteiger partial charge in [0.05, 0.1) is 12.1 Å². The molecule has 1 fully saturated rings. The largest absolute Gasteiger partial charge is 0.391 e. The molecular weight excluding hydrogens is 118 g/mol. The van der Waals surface area contributed by atoms with Crippen molar-refractivity contribution in [1.29, 1.82) is 0 Å². The summed E-state index contributed by atoms with van der Waals surface area (Å²) in [7, 11) is 0. The number of aliphatic hydroxyl groups excluding tert-OH is 1. The number of hydrogen-bond acceptors (Lipinski definition) is 2. The number of rotatable bonds is 2. The fourth-order valence-electron chi connectivity index (χ4n) is 1.22. The van der Waals surface area contributed by atoms with E-state index >= 15 is 0 Å². The first kappa shape index (κ1) is 6.55. The summed E-state index contributed by atoms with van der Waals surface area (Å²) in [6.45, 7) is 0. The van der Waals surface area contributed by atoms with Gasteiger partial charge >= 0.3 is 0 Å². The average Bonchev–Trinajstić information content (AvgIpc) is 2.18. The molecule has 0 unspecified atom stereocenters. The van der Waals surface area contributed by atoms with Crippen LogP contribution in [-0.2, 0) is 4.79 Å². The van der Waals surface area contributed by atoms with Gasteiger partial charge < -0.3 is 10.4 Å². The van der Waals surface area contributed by atoms with E-state index in [1.54, 1.807) is 0 Å². The van der Waals surface area contributed by atoms with Gasteiger partial charge in [0.15, 0.2) is 0 Å². The second-order valence-corrected chi connectivity index (χ2v) is 2.39. The third kappa shape index (κ3) is 1.42. The van der Waals surface area contributed by atoms with Crippen molar-refractivity contribution < 1.29 is 9.90 Å². The summed E-state index contributed by atoms with van der Waals surface area (Å²) in [5, 5.41) is 11.7. The monoisotopic (exact) mass is 129 g/mol. The van der Waals surface area contributed by atoms with Gasteiger partial charge in [0.1, 0.15) is 0 Å². The number of nitrogens with one attached hydrogen (secondary N) is 1. The van der Waals surface area contributed by atoms with Crippen molar-refractivity contribution in [2.75, 3.05) is 0 Å². The molecule has 0 aromatic carbocycles. The minimum atomic E-state index is -0.310. The second-order valence-electron chi connectivity index (χ2n) is 2.39. The van der Waals surface area contributed by atoms with Crippen LogP contribution in [0.15, 0.2) is 0 Å². The zero-order valence-corrected chi connectivity index (χ0v) is 5.21. The Morgan fingerprint density at radius 3 is 2.78 bits per heavy atom. The maximum absolute atomic E-state index is 9.88. The number of amides is 1. The first-order valence-corrected chi connectivity index (χ1v) is 3.22. The summed E-state index contributed by atoms with van der Waals surface area (Å²) >= 11 is 0. The molecule has 2 N–H and O–H groups in total. The Hall–Kier alpha value is -0.570. The maximum atomic E-state index is 9.88. The Balaban J connectivity index is 2.30. The predicted molar refractivity (Wildman–Crippen MR) is 32.8 cm³/mol. The molecule has 52 valence electrons. The van der Waals surface area contributed by atoms with Crippen LogP contribution >= 0.6 is 0 Å². The van der Waals surface area contributed by atoms with E-state index in [-0.39, 0.29) is 12.1 Å². The molecule has 0 bridgehead atoms. The highest BCUT2D eigenvalue weighted by atomic mass is 16.3. The van der Waals surface area contributed by atoms with E-state index in [1.807, 2.05) is 0 Å². The number of carbonyl (C=O) groups is 1. The van der Waals surface area contributed by atoms with Gasteiger partial charge in [0.25, 0.3) is 0 Å². The lowest BCUT2D eigenvalue weighted by molar-refractivity contribution is -0.110. The summed E-state index contributed by atoms with van der Waals surface area (Å²) in [6.07, 6.45) is 3.10. The molecule has 3 nitrogen and oxygen atoms in total. The second kappa shape index (κ2) is 2.82. The summed E-state index contributed by atoms with van der Waals surface area (Å²) in [6, 6.07) is 0.0162. The van der Waals surface area contributed by atoms with Crippen LogP contribution in [0.3, 0.4) is 0 Å². The van der Waals surface area contributed by atoms with Crippen molar-refractivity contribution in [3.8, 4) is 0 Å². The van der Waals surface area contributed by atoms with Crippen molar-refractivity contribution >= 4 is 6.41 Å². The van der Waals surface area contributed by atoms with Crippen LogP contribution in [0.25, 0.3) is 0 Å². The first-order valence-electron chi connectivity index (χ1n) is 3.22. The molecular formula is C6H11NO2. The minimum absolute atomic E-state index is 0.0162. The standard InChI is InChI=1S/C6H11NO2/c8-4-7-5-2-1-3-6(5)9/h4-6,9H,1-3H2,(H,7,8)/t5-,6+/m0/s1. The van der Waals surface area contributed by atoms with Gasteiger partial charge in [-0.05, 0) is 19.3 Å². The molecule has 2 atom stereocenters. The quantitative estimate of drug-likeness (QED) is 0.500. The van der Waals surface area contributed by atoms with Crippen LogP contribution in [0, 0.1) is 0 Å². The Bertz CT molecular complexity index is 105. The van der Waals surface area contributed by atoms with Crippen LogP contribution < -0.4 is 5.32 Å². The van der Waals surface area contributed by atoms with Gasteiger partial charge in [0, 0.05) is 0 Å². The predicted octanol–water partition coefficient (Wildman–Crippen LogP) is -0.354. The molecule has 1 aliphatic rings. The van der Waals surface area contributed by atoms with E-state index in [9.17, 15) is 4.79 Å². The Morgan fingerprint density at radius 1 is 1.56 bits per heavy atom. The molecule has 1 amide bonds. The van der Waals surface area contributed by atoms with Crippen molar-refractivity contribution in [3.63, 3.8) is 0 Å². The minimum Gasteiger partial charge on any atom is -0.391 e. The van der Waals surface area contributed by atoms with E-state index in [0.29, 0.717) is 6.41 Å². The number of carbonyl (C=O) groups excluding carboxylic acids is 1. The Morgan fingerprint density at radius 2 is 2.33 bits per heavy atom. The number of aliphatic hydroxyl groups is 1. The van der Waals surface area contributed by atoms with E-state index in [1.165, 1.54) is 0 Å². The zero-order valence-electron chi connectivity index (χ0n) is 5.21. The van der Waals surface area contributed by atoms with Gasteiger partial charge in [-0.1, -0.05) is 0 Å². The normalized spacial score (nSPS) is 34.3. The van der Waals surface area contributed by atoms with Crippen LogP contribution in [0.4, 0.5) is 0 Å². The van der Waals surface area contributed by atoms with Crippen molar-refractivity contribution in [3.05, 3.63) is 0 Å². The van der Waals surface area contributed by atoms with Gasteiger partial charge in [0.2, 0.25) is 6.41 Å². The van der Waals surface area contributed by atoms with Gasteiger partial charge in [-0.25, -0.2) is 0 Å². The average molecular weight is 129 g/mol. The number of hydrogen-bond donors (Lipinski definition) is 2. The van der Waals surface area contributed by atoms with Crippen LogP contribution in [0.5, 0.6) is 0 Å². The van der Waals surface area contributed by atoms with E-state index in [2.05, 4.69) is 5.32 Å². The highest BCUT2D eigenvalue weighted by Crippen LogP contribution is 2.17. The molecule has 0 aromatic heterocycles. The Labute approximate surface area is 54.1 Å². The Kier molecular flexibility index (Phi) is 2.05. The first-order chi connectivity index (χ1) is 4.34. The molecule has 0 spiro atoms. The topological polar surface area (TPSA) is 49.3 Å². The van der Waals surface area contributed by atoms with Gasteiger partial charge in [-0.3, -0.25) is 4.79 Å². The lowest BCUT2D eigenvalue weighted by Crippen LogP contribution is -2.34. The molecule has 1 rings (SSSR count). The summed E-state index contributed by atoms with van der Waals surface area (Å²) < 4.78 is 0. The van der Waals surface area contributed by atoms with Crippen LogP contribution in [0.1, 0.15) is 19.3 Å². The fourth-order valence-corrected chi connectivity index (χ4v) is 1.22. The molecule has 0 radical (unpaired) electrons. The highest BCUT2D eigenvalue weighted by Gasteiger charge is 2.23. The molecule has 0 aliphatic heterocycles. The molecule has 1 saturated carbocycles. The van der Waals surface area contributed by atoms with Crippen molar-refractivity contribution in [1.82, 2.24) is 5.32 Å². The lowest BCUT2D eigenvalue weighted by atomic mass is 10.2. The van der Waals surface area contributed by atoms with Gasteiger partial charge in [-0.15, -0.1) is 0 Å². The van der Waals surface area contributed by atoms with E-state index in [4.69, 9.17) is 5.11 Å². The molecule has 3 heteroatoms. The van der Waals surface area contributed by atoms with Crippen molar-refractivity contribution in [2.24, 2.45) is 0 Å². The molecule has 9 heavy (non-hydrogen) atoms. The van der Waals surface area contributed by atoms with Crippen LogP contribution in [-0.4, -0.2) is 23.7 Å². The zero-order chi connectivity index (χ0) is 6.69. The fraction of sp³-hybridized carbons (Fsp3) is 0.833. The van der Waals surface area contributed by atoms with Crippen molar-refractivity contribution in [2.45, 2.75) is 31.4 Å². The summed E-state index contributed by atoms with van der Waals surface area (Å²) in [5.74, 6) is 0. The molecule has 0 saturated heterocycles. The summed E-state index contributed by atoms with van der Waals surface area (Å²) in [4.78, 5) is 9.88. The van der Waals surface area contributed by atoms with E-state index < -0.39 is 0 Å². The SMILES string of the molecule is O=CN[C@H]1CCC[C@H]1O. The summed E-state index contributed by atoms with van der Waals surface area (Å²) in [5.41, 5.74) is 0. The third-order valence-electron chi connectivity index (χ3n) is 1.76. The molecule has 0 heterocycles. The lowest BCUT2D eigenvalue weighted by Gasteiger charge is -2.11. The van der Waals surface area contributed by atoms with Gasteiger partial charge in [-0.2, -0.15) is 0 Å².